The number of hydrogen-bond acceptors (Lipinski definition) is 2. The number of halogens is 2. The van der Waals surface area contributed by atoms with Gasteiger partial charge in [-0.2, -0.15) is 0 Å². The van der Waals surface area contributed by atoms with E-state index < -0.39 is 17.9 Å². The molecule has 0 unspecified atom stereocenters. The molecule has 0 aliphatic carbocycles. The van der Waals surface area contributed by atoms with Crippen molar-refractivity contribution >= 4 is 0 Å². The molecule has 1 aromatic carbocycles. The standard InChI is InChI=1S/C11H14F2N2/c12-11(13,8-4-2-1-3-5-8)9-6-15-7-10(9)14/h1-5,9-10,15H,6-7,14H2/t9-,10-/m1/s1. The molecule has 3 N–H and O–H groups in total. The molecule has 0 bridgehead atoms. The van der Waals surface area contributed by atoms with Crippen LogP contribution >= 0.6 is 0 Å². The molecule has 1 heterocycles. The third-order valence-electron chi connectivity index (χ3n) is 2.89. The van der Waals surface area contributed by atoms with Gasteiger partial charge in [0.05, 0.1) is 5.92 Å². The monoisotopic (exact) mass is 212 g/mol. The highest BCUT2D eigenvalue weighted by molar-refractivity contribution is 5.22. The van der Waals surface area contributed by atoms with Crippen LogP contribution in [-0.2, 0) is 5.92 Å². The van der Waals surface area contributed by atoms with E-state index in [0.717, 1.165) is 0 Å². The molecule has 2 nitrogen and oxygen atoms in total. The van der Waals surface area contributed by atoms with Crippen LogP contribution in [0.25, 0.3) is 0 Å². The number of nitrogens with two attached hydrogens (primary N) is 1. The van der Waals surface area contributed by atoms with Crippen molar-refractivity contribution in [2.24, 2.45) is 11.7 Å². The Kier molecular flexibility index (Phi) is 2.71. The lowest BCUT2D eigenvalue weighted by Gasteiger charge is -2.25. The van der Waals surface area contributed by atoms with Gasteiger partial charge in [-0.3, -0.25) is 0 Å². The molecule has 15 heavy (non-hydrogen) atoms. The summed E-state index contributed by atoms with van der Waals surface area (Å²) < 4.78 is 28.0. The second kappa shape index (κ2) is 3.87. The fraction of sp³-hybridized carbons (Fsp3) is 0.455. The van der Waals surface area contributed by atoms with E-state index in [0.29, 0.717) is 6.54 Å². The first-order valence-corrected chi connectivity index (χ1v) is 5.02. The summed E-state index contributed by atoms with van der Waals surface area (Å²) in [6.07, 6.45) is 0. The van der Waals surface area contributed by atoms with Gasteiger partial charge in [0.25, 0.3) is 5.92 Å². The molecule has 2 atom stereocenters. The van der Waals surface area contributed by atoms with Crippen molar-refractivity contribution in [2.75, 3.05) is 13.1 Å². The van der Waals surface area contributed by atoms with Crippen LogP contribution in [0, 0.1) is 5.92 Å². The zero-order valence-electron chi connectivity index (χ0n) is 8.29. The average Bonchev–Trinajstić information content (AvgIpc) is 2.66. The second-order valence-corrected chi connectivity index (χ2v) is 3.92. The highest BCUT2D eigenvalue weighted by Gasteiger charge is 2.46. The fourth-order valence-electron chi connectivity index (χ4n) is 1.97. The van der Waals surface area contributed by atoms with Crippen molar-refractivity contribution in [1.29, 1.82) is 0 Å². The van der Waals surface area contributed by atoms with Gasteiger partial charge in [-0.15, -0.1) is 0 Å². The Hall–Kier alpha value is -1.00. The second-order valence-electron chi connectivity index (χ2n) is 3.92. The Morgan fingerprint density at radius 1 is 1.20 bits per heavy atom. The van der Waals surface area contributed by atoms with Crippen molar-refractivity contribution in [3.63, 3.8) is 0 Å². The Balaban J connectivity index is 2.26. The molecular weight excluding hydrogens is 198 g/mol. The van der Waals surface area contributed by atoms with Gasteiger partial charge in [-0.1, -0.05) is 30.3 Å². The SMILES string of the molecule is N[C@@H]1CNC[C@H]1C(F)(F)c1ccccc1. The molecule has 0 radical (unpaired) electrons. The van der Waals surface area contributed by atoms with Gasteiger partial charge < -0.3 is 11.1 Å². The number of nitrogens with one attached hydrogen (secondary N) is 1. The molecule has 1 fully saturated rings. The van der Waals surface area contributed by atoms with Crippen LogP contribution in [0.4, 0.5) is 8.78 Å². The van der Waals surface area contributed by atoms with Gasteiger partial charge in [0.2, 0.25) is 0 Å². The van der Waals surface area contributed by atoms with Crippen molar-refractivity contribution in [3.05, 3.63) is 35.9 Å². The van der Waals surface area contributed by atoms with Gasteiger partial charge in [-0.25, -0.2) is 8.78 Å². The lowest BCUT2D eigenvalue weighted by Crippen LogP contribution is -2.39. The minimum Gasteiger partial charge on any atom is -0.326 e. The van der Waals surface area contributed by atoms with Crippen LogP contribution in [0.5, 0.6) is 0 Å². The fourth-order valence-corrected chi connectivity index (χ4v) is 1.97. The van der Waals surface area contributed by atoms with Crippen molar-refractivity contribution in [2.45, 2.75) is 12.0 Å². The van der Waals surface area contributed by atoms with Crippen LogP contribution in [-0.4, -0.2) is 19.1 Å². The number of alkyl halides is 2. The maximum Gasteiger partial charge on any atom is 0.278 e. The van der Waals surface area contributed by atoms with Gasteiger partial charge in [-0.05, 0) is 0 Å². The topological polar surface area (TPSA) is 38.0 Å². The van der Waals surface area contributed by atoms with Crippen LogP contribution in [0.3, 0.4) is 0 Å². The smallest absolute Gasteiger partial charge is 0.278 e. The first-order valence-electron chi connectivity index (χ1n) is 5.02. The van der Waals surface area contributed by atoms with Gasteiger partial charge in [0.1, 0.15) is 0 Å². The molecule has 1 saturated heterocycles. The molecule has 1 aliphatic rings. The van der Waals surface area contributed by atoms with E-state index in [1.807, 2.05) is 0 Å². The quantitative estimate of drug-likeness (QED) is 0.776. The molecule has 1 aromatic rings. The number of hydrogen-bond donors (Lipinski definition) is 2. The summed E-state index contributed by atoms with van der Waals surface area (Å²) in [6, 6.07) is 7.40. The van der Waals surface area contributed by atoms with Crippen LogP contribution in [0.1, 0.15) is 5.56 Å². The Bertz CT molecular complexity index is 327. The van der Waals surface area contributed by atoms with E-state index in [2.05, 4.69) is 5.32 Å². The summed E-state index contributed by atoms with van der Waals surface area (Å²) in [4.78, 5) is 0. The van der Waals surface area contributed by atoms with E-state index in [1.54, 1.807) is 18.2 Å². The predicted octanol–water partition coefficient (Wildman–Crippen LogP) is 1.33. The lowest BCUT2D eigenvalue weighted by molar-refractivity contribution is -0.0624. The molecule has 0 spiro atoms. The summed E-state index contributed by atoms with van der Waals surface area (Å²) in [5.41, 5.74) is 5.71. The minimum atomic E-state index is -2.84. The molecular formula is C11H14F2N2. The first kappa shape index (κ1) is 10.5. The summed E-state index contributed by atoms with van der Waals surface area (Å²) in [7, 11) is 0. The molecule has 0 amide bonds. The Labute approximate surface area is 87.5 Å². The molecule has 2 rings (SSSR count). The average molecular weight is 212 g/mol. The predicted molar refractivity (Wildman–Crippen MR) is 54.7 cm³/mol. The third kappa shape index (κ3) is 1.87. The van der Waals surface area contributed by atoms with E-state index in [-0.39, 0.29) is 12.1 Å². The molecule has 82 valence electrons. The van der Waals surface area contributed by atoms with Crippen LogP contribution in [0.2, 0.25) is 0 Å². The molecule has 0 aromatic heterocycles. The van der Waals surface area contributed by atoms with E-state index >= 15 is 0 Å². The third-order valence-corrected chi connectivity index (χ3v) is 2.89. The number of rotatable bonds is 2. The van der Waals surface area contributed by atoms with Crippen molar-refractivity contribution in [3.8, 4) is 0 Å². The minimum absolute atomic E-state index is 0.0501. The zero-order valence-corrected chi connectivity index (χ0v) is 8.29. The van der Waals surface area contributed by atoms with Gasteiger partial charge >= 0.3 is 0 Å². The number of benzene rings is 1. The lowest BCUT2D eigenvalue weighted by atomic mass is 9.91. The highest BCUT2D eigenvalue weighted by atomic mass is 19.3. The Morgan fingerprint density at radius 2 is 1.87 bits per heavy atom. The Morgan fingerprint density at radius 3 is 2.40 bits per heavy atom. The molecule has 1 aliphatic heterocycles. The summed E-state index contributed by atoms with van der Waals surface area (Å²) in [5, 5.41) is 2.89. The van der Waals surface area contributed by atoms with Crippen molar-refractivity contribution in [1.82, 2.24) is 5.32 Å². The first-order chi connectivity index (χ1) is 7.12. The summed E-state index contributed by atoms with van der Waals surface area (Å²) >= 11 is 0. The van der Waals surface area contributed by atoms with Crippen LogP contribution < -0.4 is 11.1 Å². The van der Waals surface area contributed by atoms with E-state index in [4.69, 9.17) is 5.73 Å². The molecule has 0 saturated carbocycles. The van der Waals surface area contributed by atoms with E-state index in [9.17, 15) is 8.78 Å². The molecule has 4 heteroatoms. The van der Waals surface area contributed by atoms with Crippen molar-refractivity contribution < 1.29 is 8.78 Å². The largest absolute Gasteiger partial charge is 0.326 e. The summed E-state index contributed by atoms with van der Waals surface area (Å²) in [6.45, 7) is 0.746. The highest BCUT2D eigenvalue weighted by Crippen LogP contribution is 2.38. The zero-order chi connectivity index (χ0) is 10.9. The normalized spacial score (nSPS) is 26.9. The maximum absolute atomic E-state index is 14.0. The van der Waals surface area contributed by atoms with Gasteiger partial charge in [0.15, 0.2) is 0 Å². The summed E-state index contributed by atoms with van der Waals surface area (Å²) in [5.74, 6) is -3.65. The van der Waals surface area contributed by atoms with E-state index in [1.165, 1.54) is 12.1 Å². The maximum atomic E-state index is 14.0. The van der Waals surface area contributed by atoms with Gasteiger partial charge in [0, 0.05) is 24.7 Å². The van der Waals surface area contributed by atoms with Crippen LogP contribution in [0.15, 0.2) is 30.3 Å².